The molecule has 12 nitrogen and oxygen atoms in total. The fourth-order valence-electron chi connectivity index (χ4n) is 8.05. The fraction of sp³-hybridized carbons (Fsp3) is 0.351. The molecule has 264 valence electrons. The minimum Gasteiger partial charge on any atom is -0.502 e. The third-order valence-electron chi connectivity index (χ3n) is 10.6. The lowest BCUT2D eigenvalue weighted by Crippen LogP contribution is -2.60. The van der Waals surface area contributed by atoms with Crippen molar-refractivity contribution < 1.29 is 33.8 Å². The van der Waals surface area contributed by atoms with Gasteiger partial charge in [-0.15, -0.1) is 23.2 Å². The summed E-state index contributed by atoms with van der Waals surface area (Å²) in [5.74, 6) is -5.74. The second-order valence-electron chi connectivity index (χ2n) is 13.4. The van der Waals surface area contributed by atoms with Crippen molar-refractivity contribution in [2.45, 2.75) is 28.5 Å². The van der Waals surface area contributed by atoms with Crippen molar-refractivity contribution in [1.29, 1.82) is 0 Å². The van der Waals surface area contributed by atoms with Crippen LogP contribution < -0.4 is 19.3 Å². The van der Waals surface area contributed by atoms with Gasteiger partial charge in [-0.2, -0.15) is 10.2 Å². The molecule has 0 radical (unpaired) electrons. The van der Waals surface area contributed by atoms with Gasteiger partial charge in [-0.1, -0.05) is 11.6 Å². The Morgan fingerprint density at radius 2 is 1.41 bits per heavy atom. The van der Waals surface area contributed by atoms with Gasteiger partial charge < -0.3 is 19.5 Å². The Bertz CT molecular complexity index is 2010. The third-order valence-corrected chi connectivity index (χ3v) is 12.0. The van der Waals surface area contributed by atoms with Crippen molar-refractivity contribution in [1.82, 2.24) is 4.90 Å². The minimum absolute atomic E-state index is 0.0508. The largest absolute Gasteiger partial charge is 0.502 e. The second-order valence-corrected chi connectivity index (χ2v) is 14.7. The Morgan fingerprint density at radius 3 is 1.96 bits per heavy atom. The predicted molar refractivity (Wildman–Crippen MR) is 191 cm³/mol. The van der Waals surface area contributed by atoms with Gasteiger partial charge in [-0.3, -0.25) is 29.0 Å². The van der Waals surface area contributed by atoms with Crippen LogP contribution in [0.2, 0.25) is 0 Å². The quantitative estimate of drug-likeness (QED) is 0.133. The summed E-state index contributed by atoms with van der Waals surface area (Å²) in [5, 5.41) is 19.3. The van der Waals surface area contributed by atoms with Gasteiger partial charge in [0.25, 0.3) is 11.8 Å². The molecule has 3 fully saturated rings. The van der Waals surface area contributed by atoms with E-state index in [1.165, 1.54) is 38.3 Å². The van der Waals surface area contributed by atoms with Crippen LogP contribution in [0.4, 0.5) is 22.7 Å². The topological polar surface area (TPSA) is 141 Å². The van der Waals surface area contributed by atoms with Gasteiger partial charge in [0, 0.05) is 32.7 Å². The number of ether oxygens (including phenoxy) is 2. The van der Waals surface area contributed by atoms with Gasteiger partial charge in [0.05, 0.1) is 43.1 Å². The zero-order chi connectivity index (χ0) is 36.6. The summed E-state index contributed by atoms with van der Waals surface area (Å²) in [5.41, 5.74) is 3.59. The van der Waals surface area contributed by atoms with Crippen LogP contribution in [0.1, 0.15) is 24.3 Å². The molecule has 4 amide bonds. The van der Waals surface area contributed by atoms with Crippen molar-refractivity contribution in [2.75, 3.05) is 45.2 Å². The van der Waals surface area contributed by atoms with E-state index in [0.29, 0.717) is 28.2 Å². The van der Waals surface area contributed by atoms with Gasteiger partial charge in [0.1, 0.15) is 0 Å². The predicted octanol–water partition coefficient (Wildman–Crippen LogP) is 6.08. The summed E-state index contributed by atoms with van der Waals surface area (Å²) < 4.78 is 10.8. The SMILES string of the molecule is COc1cc(C2C3=CCC4C(=O)N(c5ccc(N=Nc6ccc(N(C)C)cc6)cc5)C(=O)C4C3CC3(Cl)C(=O)N(C)C(=O)C23Cl)cc(OC)c1O. The summed E-state index contributed by atoms with van der Waals surface area (Å²) >= 11 is 14.6. The average molecular weight is 733 g/mol. The number of nitrogens with zero attached hydrogens (tertiary/aromatic N) is 5. The Balaban J connectivity index is 1.24. The standard InChI is InChI=1S/C37H35Cl2N5O7/c1-42(2)22-10-6-20(7-11-22)40-41-21-8-12-23(13-9-21)44-32(46)25-15-14-24-26(29(25)33(44)47)18-36(38)34(48)43(3)35(49)37(36,39)30(24)19-16-27(50-4)31(45)28(17-19)51-5/h6-14,16-17,25-26,29-30,45H,15,18H2,1-5H3. The summed E-state index contributed by atoms with van der Waals surface area (Å²) in [7, 11) is 7.96. The number of halogens is 2. The van der Waals surface area contributed by atoms with E-state index in [0.717, 1.165) is 10.6 Å². The van der Waals surface area contributed by atoms with Crippen LogP contribution in [0.15, 0.2) is 82.5 Å². The molecule has 1 N–H and O–H groups in total. The van der Waals surface area contributed by atoms with Gasteiger partial charge in [-0.05, 0) is 85.0 Å². The number of anilines is 2. The number of imide groups is 2. The van der Waals surface area contributed by atoms with Gasteiger partial charge in [0.15, 0.2) is 21.2 Å². The van der Waals surface area contributed by atoms with Gasteiger partial charge in [-0.25, -0.2) is 0 Å². The molecule has 2 saturated heterocycles. The second kappa shape index (κ2) is 12.4. The number of alkyl halides is 2. The number of rotatable bonds is 7. The maximum Gasteiger partial charge on any atom is 0.253 e. The lowest BCUT2D eigenvalue weighted by molar-refractivity contribution is -0.138. The Labute approximate surface area is 304 Å². The highest BCUT2D eigenvalue weighted by Gasteiger charge is 2.76. The number of carbonyl (C=O) groups is 4. The number of phenols is 1. The molecule has 2 heterocycles. The smallest absolute Gasteiger partial charge is 0.253 e. The first-order chi connectivity index (χ1) is 24.3. The molecule has 6 unspecified atom stereocenters. The Morgan fingerprint density at radius 1 is 0.843 bits per heavy atom. The molecule has 2 aliphatic carbocycles. The van der Waals surface area contributed by atoms with E-state index < -0.39 is 51.1 Å². The molecule has 4 aliphatic rings. The maximum atomic E-state index is 14.4. The molecule has 6 atom stereocenters. The highest BCUT2D eigenvalue weighted by atomic mass is 35.5. The molecule has 51 heavy (non-hydrogen) atoms. The average Bonchev–Trinajstić information content (AvgIpc) is 3.45. The van der Waals surface area contributed by atoms with Crippen LogP contribution in [0.25, 0.3) is 0 Å². The van der Waals surface area contributed by atoms with Crippen molar-refractivity contribution in [3.05, 3.63) is 77.9 Å². The number of hydrogen-bond acceptors (Lipinski definition) is 10. The van der Waals surface area contributed by atoms with Crippen LogP contribution in [0, 0.1) is 17.8 Å². The van der Waals surface area contributed by atoms with Crippen molar-refractivity contribution >= 4 is 69.6 Å². The fourth-order valence-corrected chi connectivity index (χ4v) is 9.07. The molecule has 3 aromatic rings. The van der Waals surface area contributed by atoms with Crippen LogP contribution in [0.3, 0.4) is 0 Å². The molecule has 0 aromatic heterocycles. The summed E-state index contributed by atoms with van der Waals surface area (Å²) in [6, 6.07) is 17.3. The van der Waals surface area contributed by atoms with Crippen LogP contribution >= 0.6 is 23.2 Å². The number of likely N-dealkylation sites (tertiary alicyclic amines) is 1. The Hall–Kier alpha value is -4.94. The molecule has 3 aromatic carbocycles. The molecule has 14 heteroatoms. The lowest BCUT2D eigenvalue weighted by atomic mass is 9.56. The van der Waals surface area contributed by atoms with Crippen molar-refractivity contribution in [3.8, 4) is 17.2 Å². The molecule has 2 aliphatic heterocycles. The van der Waals surface area contributed by atoms with Crippen molar-refractivity contribution in [3.63, 3.8) is 0 Å². The van der Waals surface area contributed by atoms with Crippen LogP contribution in [0.5, 0.6) is 17.2 Å². The number of methoxy groups -OCH3 is 2. The van der Waals surface area contributed by atoms with E-state index in [1.54, 1.807) is 24.3 Å². The molecular formula is C37H35Cl2N5O7. The van der Waals surface area contributed by atoms with E-state index in [1.807, 2.05) is 49.3 Å². The summed E-state index contributed by atoms with van der Waals surface area (Å²) in [6.45, 7) is 0. The first kappa shape index (κ1) is 34.5. The number of fused-ring (bicyclic) bond motifs is 4. The van der Waals surface area contributed by atoms with Crippen molar-refractivity contribution in [2.24, 2.45) is 28.0 Å². The number of aromatic hydroxyl groups is 1. The number of phenolic OH excluding ortho intramolecular Hbond substituents is 1. The summed E-state index contributed by atoms with van der Waals surface area (Å²) in [4.78, 5) is 56.1. The molecule has 7 rings (SSSR count). The van der Waals surface area contributed by atoms with E-state index in [4.69, 9.17) is 32.7 Å². The van der Waals surface area contributed by atoms with Gasteiger partial charge >= 0.3 is 0 Å². The monoisotopic (exact) mass is 731 g/mol. The third kappa shape index (κ3) is 5.02. The van der Waals surface area contributed by atoms with Crippen LogP contribution in [-0.4, -0.2) is 78.7 Å². The number of benzene rings is 3. The number of hydrogen-bond donors (Lipinski definition) is 1. The zero-order valence-electron chi connectivity index (χ0n) is 28.5. The lowest BCUT2D eigenvalue weighted by Gasteiger charge is -2.50. The van der Waals surface area contributed by atoms with E-state index >= 15 is 0 Å². The first-order valence-corrected chi connectivity index (χ1v) is 17.0. The number of amides is 4. The highest BCUT2D eigenvalue weighted by Crippen LogP contribution is 2.66. The molecule has 1 saturated carbocycles. The van der Waals surface area contributed by atoms with E-state index in [2.05, 4.69) is 10.2 Å². The zero-order valence-corrected chi connectivity index (χ0v) is 30.0. The van der Waals surface area contributed by atoms with Gasteiger partial charge in [0.2, 0.25) is 17.6 Å². The van der Waals surface area contributed by atoms with E-state index in [-0.39, 0.29) is 36.0 Å². The number of carbonyl (C=O) groups excluding carboxylic acids is 4. The number of allylic oxidation sites excluding steroid dienone is 2. The Kier molecular flexibility index (Phi) is 8.38. The highest BCUT2D eigenvalue weighted by molar-refractivity contribution is 6.53. The van der Waals surface area contributed by atoms with E-state index in [9.17, 15) is 24.3 Å². The molecule has 0 spiro atoms. The maximum absolute atomic E-state index is 14.4. The number of azo groups is 1. The molecule has 0 bridgehead atoms. The minimum atomic E-state index is -1.99. The summed E-state index contributed by atoms with van der Waals surface area (Å²) in [6.07, 6.45) is 1.88. The normalized spacial score (nSPS) is 28.5. The molecular weight excluding hydrogens is 697 g/mol. The van der Waals surface area contributed by atoms with Crippen LogP contribution in [-0.2, 0) is 19.2 Å². The first-order valence-electron chi connectivity index (χ1n) is 16.3.